The zero-order valence-electron chi connectivity index (χ0n) is 19.6. The highest BCUT2D eigenvalue weighted by molar-refractivity contribution is 6.00. The standard InChI is InChI=1S/C26H26N4O5/c1-15(27)16-7-8-20-18(13-16)24(31)29-26(35-20)9-11-30(12-10-26)25(32)19-14-22(34-3)17-5-4-6-21(33-2)23(17)28-19/h4-8,13-14H,1,9-12,27H2,2-3H3,(H,29,31). The summed E-state index contributed by atoms with van der Waals surface area (Å²) in [7, 11) is 3.12. The number of likely N-dealkylation sites (tertiary alicyclic amines) is 1. The lowest BCUT2D eigenvalue weighted by Crippen LogP contribution is -2.61. The highest BCUT2D eigenvalue weighted by Gasteiger charge is 2.43. The van der Waals surface area contributed by atoms with Crippen LogP contribution in [0.5, 0.6) is 17.2 Å². The van der Waals surface area contributed by atoms with Gasteiger partial charge < -0.3 is 30.2 Å². The molecule has 0 saturated carbocycles. The maximum Gasteiger partial charge on any atom is 0.272 e. The summed E-state index contributed by atoms with van der Waals surface area (Å²) in [6, 6.07) is 12.3. The summed E-state index contributed by atoms with van der Waals surface area (Å²) in [4.78, 5) is 32.5. The van der Waals surface area contributed by atoms with E-state index in [-0.39, 0.29) is 17.5 Å². The molecule has 9 heteroatoms. The monoisotopic (exact) mass is 474 g/mol. The Kier molecular flexibility index (Phi) is 5.47. The average Bonchev–Trinajstić information content (AvgIpc) is 2.87. The third kappa shape index (κ3) is 3.88. The van der Waals surface area contributed by atoms with Crippen LogP contribution in [-0.2, 0) is 0 Å². The van der Waals surface area contributed by atoms with Gasteiger partial charge >= 0.3 is 0 Å². The molecule has 0 radical (unpaired) electrons. The van der Waals surface area contributed by atoms with Crippen LogP contribution < -0.4 is 25.3 Å². The van der Waals surface area contributed by atoms with Crippen molar-refractivity contribution >= 4 is 28.4 Å². The molecule has 1 saturated heterocycles. The Labute approximate surface area is 202 Å². The molecule has 35 heavy (non-hydrogen) atoms. The van der Waals surface area contributed by atoms with Gasteiger partial charge in [0, 0.05) is 43.1 Å². The number of nitrogens with zero attached hydrogens (tertiary/aromatic N) is 2. The lowest BCUT2D eigenvalue weighted by Gasteiger charge is -2.44. The Bertz CT molecular complexity index is 1360. The van der Waals surface area contributed by atoms with Crippen molar-refractivity contribution in [2.45, 2.75) is 18.6 Å². The van der Waals surface area contributed by atoms with Gasteiger partial charge in [0.15, 0.2) is 5.72 Å². The Morgan fingerprint density at radius 1 is 1.14 bits per heavy atom. The lowest BCUT2D eigenvalue weighted by molar-refractivity contribution is -0.0246. The molecule has 3 heterocycles. The maximum atomic E-state index is 13.4. The molecule has 1 aromatic heterocycles. The first kappa shape index (κ1) is 22.5. The SMILES string of the molecule is C=C(N)c1ccc2c(c1)C(=O)NC1(CCN(C(=O)c3cc(OC)c4cccc(OC)c4n3)CC1)O2. The van der Waals surface area contributed by atoms with Crippen LogP contribution in [0.25, 0.3) is 16.6 Å². The molecule has 1 spiro atoms. The van der Waals surface area contributed by atoms with Crippen molar-refractivity contribution in [2.75, 3.05) is 27.3 Å². The number of nitrogens with two attached hydrogens (primary N) is 1. The summed E-state index contributed by atoms with van der Waals surface area (Å²) < 4.78 is 17.2. The molecule has 0 bridgehead atoms. The van der Waals surface area contributed by atoms with Gasteiger partial charge in [-0.3, -0.25) is 9.59 Å². The van der Waals surface area contributed by atoms with Gasteiger partial charge in [-0.2, -0.15) is 0 Å². The van der Waals surface area contributed by atoms with Gasteiger partial charge in [0.25, 0.3) is 11.8 Å². The molecule has 2 amide bonds. The van der Waals surface area contributed by atoms with Crippen molar-refractivity contribution in [1.82, 2.24) is 15.2 Å². The van der Waals surface area contributed by atoms with Crippen LogP contribution in [0.1, 0.15) is 39.3 Å². The number of rotatable bonds is 4. The van der Waals surface area contributed by atoms with E-state index in [9.17, 15) is 9.59 Å². The lowest BCUT2D eigenvalue weighted by atomic mass is 9.96. The number of para-hydroxylation sites is 1. The summed E-state index contributed by atoms with van der Waals surface area (Å²) in [5.41, 5.74) is 7.18. The Morgan fingerprint density at radius 2 is 1.89 bits per heavy atom. The number of fused-ring (bicyclic) bond motifs is 2. The van der Waals surface area contributed by atoms with Crippen LogP contribution >= 0.6 is 0 Å². The van der Waals surface area contributed by atoms with Gasteiger partial charge in [-0.05, 0) is 35.9 Å². The van der Waals surface area contributed by atoms with Gasteiger partial charge in [-0.1, -0.05) is 12.6 Å². The maximum absolute atomic E-state index is 13.4. The van der Waals surface area contributed by atoms with Crippen molar-refractivity contribution in [2.24, 2.45) is 5.73 Å². The number of carbonyl (C=O) groups is 2. The quantitative estimate of drug-likeness (QED) is 0.597. The molecule has 1 fully saturated rings. The number of aromatic nitrogens is 1. The second-order valence-electron chi connectivity index (χ2n) is 8.65. The Hall–Kier alpha value is -4.27. The van der Waals surface area contributed by atoms with Crippen LogP contribution in [0.15, 0.2) is 49.0 Å². The zero-order valence-corrected chi connectivity index (χ0v) is 19.6. The van der Waals surface area contributed by atoms with Crippen molar-refractivity contribution in [3.8, 4) is 17.2 Å². The minimum atomic E-state index is -0.875. The first-order valence-corrected chi connectivity index (χ1v) is 11.3. The highest BCUT2D eigenvalue weighted by atomic mass is 16.5. The molecule has 0 atom stereocenters. The Balaban J connectivity index is 1.36. The first-order valence-electron chi connectivity index (χ1n) is 11.3. The number of hydrogen-bond donors (Lipinski definition) is 2. The largest absolute Gasteiger partial charge is 0.496 e. The van der Waals surface area contributed by atoms with Crippen LogP contribution in [0.4, 0.5) is 0 Å². The fourth-order valence-corrected chi connectivity index (χ4v) is 4.60. The molecule has 0 aliphatic carbocycles. The molecule has 3 N–H and O–H groups in total. The number of nitrogens with one attached hydrogen (secondary N) is 1. The first-order chi connectivity index (χ1) is 16.8. The van der Waals surface area contributed by atoms with Crippen LogP contribution in [-0.4, -0.2) is 54.7 Å². The van der Waals surface area contributed by atoms with Crippen LogP contribution in [0.3, 0.4) is 0 Å². The topological polar surface area (TPSA) is 116 Å². The number of carbonyl (C=O) groups excluding carboxylic acids is 2. The number of benzene rings is 2. The normalized spacial score (nSPS) is 16.3. The number of amides is 2. The number of pyridine rings is 1. The summed E-state index contributed by atoms with van der Waals surface area (Å²) in [6.45, 7) is 4.50. The molecule has 3 aromatic rings. The molecular formula is C26H26N4O5. The van der Waals surface area contributed by atoms with E-state index >= 15 is 0 Å². The van der Waals surface area contributed by atoms with Crippen LogP contribution in [0, 0.1) is 0 Å². The van der Waals surface area contributed by atoms with E-state index in [1.807, 2.05) is 12.1 Å². The molecule has 2 aliphatic rings. The Morgan fingerprint density at radius 3 is 2.57 bits per heavy atom. The van der Waals surface area contributed by atoms with Crippen molar-refractivity contribution in [3.63, 3.8) is 0 Å². The summed E-state index contributed by atoms with van der Waals surface area (Å²) >= 11 is 0. The fourth-order valence-electron chi connectivity index (χ4n) is 4.60. The molecule has 2 aromatic carbocycles. The second kappa shape index (κ2) is 8.50. The number of hydrogen-bond acceptors (Lipinski definition) is 7. The number of ether oxygens (including phenoxy) is 3. The molecule has 0 unspecified atom stereocenters. The molecular weight excluding hydrogens is 448 g/mol. The smallest absolute Gasteiger partial charge is 0.272 e. The van der Waals surface area contributed by atoms with Crippen molar-refractivity contribution in [1.29, 1.82) is 0 Å². The van der Waals surface area contributed by atoms with E-state index in [2.05, 4.69) is 16.9 Å². The minimum Gasteiger partial charge on any atom is -0.496 e. The molecule has 180 valence electrons. The van der Waals surface area contributed by atoms with E-state index in [1.54, 1.807) is 49.5 Å². The summed E-state index contributed by atoms with van der Waals surface area (Å²) in [5.74, 6) is 1.14. The molecule has 9 nitrogen and oxygen atoms in total. The molecule has 2 aliphatic heterocycles. The van der Waals surface area contributed by atoms with Gasteiger partial charge in [-0.15, -0.1) is 0 Å². The third-order valence-corrected chi connectivity index (χ3v) is 6.52. The van der Waals surface area contributed by atoms with Gasteiger partial charge in [0.2, 0.25) is 0 Å². The van der Waals surface area contributed by atoms with Gasteiger partial charge in [0.1, 0.15) is 28.5 Å². The predicted octanol–water partition coefficient (Wildman–Crippen LogP) is 2.94. The average molecular weight is 475 g/mol. The minimum absolute atomic E-state index is 0.223. The van der Waals surface area contributed by atoms with E-state index in [4.69, 9.17) is 19.9 Å². The summed E-state index contributed by atoms with van der Waals surface area (Å²) in [5, 5.41) is 3.75. The van der Waals surface area contributed by atoms with E-state index in [0.717, 1.165) is 5.39 Å². The predicted molar refractivity (Wildman–Crippen MR) is 130 cm³/mol. The fraction of sp³-hybridized carbons (Fsp3) is 0.269. The number of methoxy groups -OCH3 is 2. The second-order valence-corrected chi connectivity index (χ2v) is 8.65. The van der Waals surface area contributed by atoms with Crippen molar-refractivity contribution < 1.29 is 23.8 Å². The van der Waals surface area contributed by atoms with E-state index in [1.165, 1.54) is 0 Å². The van der Waals surface area contributed by atoms with Gasteiger partial charge in [0.05, 0.1) is 19.8 Å². The number of piperidine rings is 1. The summed E-state index contributed by atoms with van der Waals surface area (Å²) in [6.07, 6.45) is 0.868. The molecule has 5 rings (SSSR count). The zero-order chi connectivity index (χ0) is 24.7. The highest BCUT2D eigenvalue weighted by Crippen LogP contribution is 2.36. The van der Waals surface area contributed by atoms with Gasteiger partial charge in [-0.25, -0.2) is 4.98 Å². The van der Waals surface area contributed by atoms with Crippen LogP contribution in [0.2, 0.25) is 0 Å². The van der Waals surface area contributed by atoms with E-state index < -0.39 is 5.72 Å². The third-order valence-electron chi connectivity index (χ3n) is 6.52. The van der Waals surface area contributed by atoms with E-state index in [0.29, 0.717) is 65.5 Å². The van der Waals surface area contributed by atoms with Crippen molar-refractivity contribution in [3.05, 3.63) is 65.9 Å².